The fourth-order valence-corrected chi connectivity index (χ4v) is 10.0. The van der Waals surface area contributed by atoms with Gasteiger partial charge in [-0.25, -0.2) is 9.59 Å². The summed E-state index contributed by atoms with van der Waals surface area (Å²) in [4.78, 5) is 51.6. The Kier molecular flexibility index (Phi) is 15.2. The molecule has 10 nitrogen and oxygen atoms in total. The maximum atomic E-state index is 13.2. The van der Waals surface area contributed by atoms with Gasteiger partial charge in [0.25, 0.3) is 0 Å². The zero-order valence-corrected chi connectivity index (χ0v) is 43.5. The highest BCUT2D eigenvalue weighted by Gasteiger charge is 2.37. The number of methoxy groups -OCH3 is 1. The molecule has 0 saturated heterocycles. The molecule has 8 rings (SSSR count). The first-order valence-electron chi connectivity index (χ1n) is 24.4. The zero-order valence-electron chi connectivity index (χ0n) is 43.5. The van der Waals surface area contributed by atoms with Gasteiger partial charge in [-0.2, -0.15) is 0 Å². The third-order valence-corrected chi connectivity index (χ3v) is 13.2. The Morgan fingerprint density at radius 3 is 1.24 bits per heavy atom. The lowest BCUT2D eigenvalue weighted by Gasteiger charge is -2.32. The van der Waals surface area contributed by atoms with Crippen molar-refractivity contribution >= 4 is 35.1 Å². The lowest BCUT2D eigenvalue weighted by atomic mass is 9.80. The average molecular weight is 957 g/mol. The Morgan fingerprint density at radius 2 is 0.873 bits per heavy atom. The summed E-state index contributed by atoms with van der Waals surface area (Å²) >= 11 is 0. The first-order chi connectivity index (χ1) is 33.5. The van der Waals surface area contributed by atoms with Gasteiger partial charge in [0.2, 0.25) is 11.8 Å². The van der Waals surface area contributed by atoms with E-state index in [4.69, 9.17) is 14.2 Å². The maximum Gasteiger partial charge on any atom is 0.339 e. The molecule has 2 aliphatic heterocycles. The number of nitrogens with one attached hydrogen (secondary N) is 2. The van der Waals surface area contributed by atoms with Crippen molar-refractivity contribution in [1.29, 1.82) is 0 Å². The highest BCUT2D eigenvalue weighted by Crippen LogP contribution is 2.50. The fourth-order valence-electron chi connectivity index (χ4n) is 10.0. The van der Waals surface area contributed by atoms with Crippen LogP contribution in [0.4, 0.5) is 11.4 Å². The van der Waals surface area contributed by atoms with E-state index in [0.717, 1.165) is 94.7 Å². The number of hydrogen-bond acceptors (Lipinski definition) is 7. The Morgan fingerprint density at radius 1 is 0.507 bits per heavy atom. The zero-order chi connectivity index (χ0) is 51.7. The van der Waals surface area contributed by atoms with Crippen molar-refractivity contribution in [1.82, 2.24) is 0 Å². The van der Waals surface area contributed by atoms with E-state index >= 15 is 0 Å². The van der Waals surface area contributed by atoms with Gasteiger partial charge in [0.05, 0.1) is 29.7 Å². The first kappa shape index (κ1) is 52.0. The van der Waals surface area contributed by atoms with Crippen LogP contribution in [0.25, 0.3) is 44.5 Å². The second-order valence-corrected chi connectivity index (χ2v) is 20.8. The molecule has 0 radical (unpaired) electrons. The van der Waals surface area contributed by atoms with Crippen LogP contribution in [0.15, 0.2) is 97.1 Å². The molecule has 2 atom stereocenters. The largest absolute Gasteiger partial charge is 0.479 e. The SMILES string of the molecule is COC(=O)[C@@H](OC(C)(C)C)c1c(C)c2c(c(C)c1-c1ccc(C)cc1)-c1ccccc1CCC(=O)N2.Cc1ccc(-c2c(C)c3c(c(C)c2[C@H](OC(C)(C)C)C(=O)O)NC(=O)CCc2ccccc2-3)cc1. The van der Waals surface area contributed by atoms with Crippen LogP contribution in [0.2, 0.25) is 0 Å². The van der Waals surface area contributed by atoms with E-state index in [9.17, 15) is 24.3 Å². The molecule has 3 N–H and O–H groups in total. The van der Waals surface area contributed by atoms with Crippen LogP contribution in [0.1, 0.15) is 122 Å². The molecule has 0 saturated carbocycles. The number of rotatable bonds is 8. The summed E-state index contributed by atoms with van der Waals surface area (Å²) in [5.41, 5.74) is 17.0. The maximum absolute atomic E-state index is 13.2. The number of carboxylic acid groups (broad SMARTS) is 1. The van der Waals surface area contributed by atoms with Gasteiger partial charge in [-0.1, -0.05) is 108 Å². The van der Waals surface area contributed by atoms with E-state index < -0.39 is 35.3 Å². The number of carbonyl (C=O) groups excluding carboxylic acids is 3. The van der Waals surface area contributed by atoms with Crippen molar-refractivity contribution in [3.8, 4) is 44.5 Å². The van der Waals surface area contributed by atoms with Gasteiger partial charge >= 0.3 is 11.9 Å². The van der Waals surface area contributed by atoms with Gasteiger partial charge in [-0.05, 0) is 163 Å². The van der Waals surface area contributed by atoms with Crippen LogP contribution in [-0.2, 0) is 46.2 Å². The summed E-state index contributed by atoms with van der Waals surface area (Å²) in [6, 6.07) is 32.8. The van der Waals surface area contributed by atoms with Crippen molar-refractivity contribution in [2.24, 2.45) is 0 Å². The standard InChI is InChI=1S/C31H35NO4.C30H33NO4/c1-18-12-14-22(15-13-18)25-19(2)26-23-11-9-8-10-21(23)16-17-24(33)32-28(26)20(3)27(25)29(30(34)35-7)36-31(4,5)6;1-17-11-13-21(14-12-17)24-18(2)25-22-10-8-7-9-20(22)15-16-23(32)31-27(25)19(3)26(24)28(29(33)34)35-30(4,5)6/h8-15,29H,16-17H2,1-7H3,(H,32,33);7-14,28H,15-16H2,1-6H3,(H,31,32)(H,33,34)/t29-;28-/m00/s1. The average Bonchev–Trinajstić information content (AvgIpc) is 3.30. The summed E-state index contributed by atoms with van der Waals surface area (Å²) < 4.78 is 17.7. The number of anilines is 2. The first-order valence-corrected chi connectivity index (χ1v) is 24.4. The van der Waals surface area contributed by atoms with Gasteiger partial charge < -0.3 is 30.0 Å². The Bertz CT molecular complexity index is 3030. The molecule has 6 aromatic rings. The molecule has 2 aliphatic rings. The van der Waals surface area contributed by atoms with Crippen LogP contribution in [0, 0.1) is 41.5 Å². The number of aliphatic carboxylic acids is 1. The summed E-state index contributed by atoms with van der Waals surface area (Å²) in [6.45, 7) is 23.3. The topological polar surface area (TPSA) is 140 Å². The summed E-state index contributed by atoms with van der Waals surface area (Å²) in [5, 5.41) is 16.6. The number of esters is 1. The molecular formula is C61H68N2O8. The van der Waals surface area contributed by atoms with Crippen LogP contribution in [0.3, 0.4) is 0 Å². The van der Waals surface area contributed by atoms with Gasteiger partial charge in [0, 0.05) is 35.1 Å². The number of ether oxygens (including phenoxy) is 3. The molecule has 0 fully saturated rings. The quantitative estimate of drug-likeness (QED) is 0.128. The van der Waals surface area contributed by atoms with Crippen molar-refractivity contribution in [3.05, 3.63) is 153 Å². The van der Waals surface area contributed by atoms with Crippen molar-refractivity contribution < 1.29 is 38.5 Å². The second kappa shape index (κ2) is 20.8. The highest BCUT2D eigenvalue weighted by molar-refractivity contribution is 6.04. The minimum Gasteiger partial charge on any atom is -0.479 e. The fraction of sp³-hybridized carbons (Fsp3) is 0.344. The Hall–Kier alpha value is -6.88. The normalized spacial score (nSPS) is 14.2. The third kappa shape index (κ3) is 11.2. The molecule has 2 heterocycles. The number of carbonyl (C=O) groups is 4. The molecular weight excluding hydrogens is 889 g/mol. The molecule has 6 aromatic carbocycles. The number of carboxylic acids is 1. The van der Waals surface area contributed by atoms with E-state index in [0.29, 0.717) is 42.5 Å². The van der Waals surface area contributed by atoms with Gasteiger partial charge in [0.15, 0.2) is 12.2 Å². The number of amides is 2. The smallest absolute Gasteiger partial charge is 0.339 e. The number of aryl methyl sites for hydroxylation is 4. The Labute approximate surface area is 419 Å². The second-order valence-electron chi connectivity index (χ2n) is 20.8. The van der Waals surface area contributed by atoms with Crippen LogP contribution in [0.5, 0.6) is 0 Å². The summed E-state index contributed by atoms with van der Waals surface area (Å²) in [7, 11) is 1.38. The van der Waals surface area contributed by atoms with Crippen LogP contribution < -0.4 is 10.6 Å². The van der Waals surface area contributed by atoms with Gasteiger partial charge in [0.1, 0.15) is 0 Å². The van der Waals surface area contributed by atoms with E-state index in [1.807, 2.05) is 118 Å². The molecule has 0 bridgehead atoms. The predicted molar refractivity (Wildman–Crippen MR) is 284 cm³/mol. The van der Waals surface area contributed by atoms with E-state index in [2.05, 4.69) is 73.0 Å². The molecule has 0 aromatic heterocycles. The molecule has 0 spiro atoms. The monoisotopic (exact) mass is 956 g/mol. The Balaban J connectivity index is 0.000000209. The minimum absolute atomic E-state index is 0.0475. The van der Waals surface area contributed by atoms with Crippen molar-refractivity contribution in [2.75, 3.05) is 17.7 Å². The van der Waals surface area contributed by atoms with Crippen LogP contribution in [-0.4, -0.2) is 47.2 Å². The van der Waals surface area contributed by atoms with Crippen LogP contribution >= 0.6 is 0 Å². The molecule has 2 amide bonds. The highest BCUT2D eigenvalue weighted by atomic mass is 16.6. The molecule has 10 heteroatoms. The van der Waals surface area contributed by atoms with E-state index in [-0.39, 0.29) is 11.8 Å². The van der Waals surface area contributed by atoms with Gasteiger partial charge in [-0.15, -0.1) is 0 Å². The van der Waals surface area contributed by atoms with Crippen molar-refractivity contribution in [3.63, 3.8) is 0 Å². The molecule has 370 valence electrons. The molecule has 0 unspecified atom stereocenters. The molecule has 0 aliphatic carbocycles. The van der Waals surface area contributed by atoms with E-state index in [1.165, 1.54) is 7.11 Å². The lowest BCUT2D eigenvalue weighted by molar-refractivity contribution is -0.164. The van der Waals surface area contributed by atoms with Gasteiger partial charge in [-0.3, -0.25) is 9.59 Å². The lowest BCUT2D eigenvalue weighted by Crippen LogP contribution is -2.30. The molecule has 71 heavy (non-hydrogen) atoms. The number of hydrogen-bond donors (Lipinski definition) is 3. The summed E-state index contributed by atoms with van der Waals surface area (Å²) in [6.07, 6.45) is -0.0968. The predicted octanol–water partition coefficient (Wildman–Crippen LogP) is 13.6. The number of benzene rings is 6. The van der Waals surface area contributed by atoms with E-state index in [1.54, 1.807) is 0 Å². The summed E-state index contributed by atoms with van der Waals surface area (Å²) in [5.74, 6) is -1.67. The van der Waals surface area contributed by atoms with Crippen molar-refractivity contribution in [2.45, 2.75) is 132 Å². The minimum atomic E-state index is -1.20. The number of fused-ring (bicyclic) bond motifs is 6. The third-order valence-electron chi connectivity index (χ3n) is 13.2.